The molecule has 0 atom stereocenters. The van der Waals surface area contributed by atoms with Crippen molar-refractivity contribution >= 4 is 0 Å². The first-order valence-corrected chi connectivity index (χ1v) is 7.49. The predicted molar refractivity (Wildman–Crippen MR) is 79.2 cm³/mol. The fourth-order valence-electron chi connectivity index (χ4n) is 1.40. The van der Waals surface area contributed by atoms with E-state index in [1.165, 1.54) is 0 Å². The molecule has 0 amide bonds. The lowest BCUT2D eigenvalue weighted by atomic mass is 10.1. The number of aliphatic hydroxyl groups excluding tert-OH is 2. The fraction of sp³-hybridized carbons (Fsp3) is 1.00. The van der Waals surface area contributed by atoms with E-state index in [2.05, 4.69) is 0 Å². The molecule has 0 unspecified atom stereocenters. The molecular formula is C15H32O6. The minimum absolute atomic E-state index is 0.0125. The van der Waals surface area contributed by atoms with Crippen molar-refractivity contribution in [3.05, 3.63) is 0 Å². The lowest BCUT2D eigenvalue weighted by Gasteiger charge is -2.35. The second kappa shape index (κ2) is 9.02. The van der Waals surface area contributed by atoms with E-state index in [9.17, 15) is 0 Å². The Morgan fingerprint density at radius 1 is 0.619 bits per heavy atom. The van der Waals surface area contributed by atoms with E-state index in [1.54, 1.807) is 0 Å². The first-order chi connectivity index (χ1) is 9.54. The van der Waals surface area contributed by atoms with Crippen molar-refractivity contribution in [3.8, 4) is 0 Å². The summed E-state index contributed by atoms with van der Waals surface area (Å²) in [4.78, 5) is 21.8. The quantitative estimate of drug-likeness (QED) is 0.367. The Labute approximate surface area is 128 Å². The lowest BCUT2D eigenvalue weighted by molar-refractivity contribution is -0.544. The number of rotatable bonds is 10. The Bertz CT molecular complexity index is 238. The van der Waals surface area contributed by atoms with Gasteiger partial charge < -0.3 is 10.2 Å². The zero-order valence-corrected chi connectivity index (χ0v) is 14.3. The molecule has 0 bridgehead atoms. The third-order valence-electron chi connectivity index (χ3n) is 2.32. The highest BCUT2D eigenvalue weighted by Crippen LogP contribution is 2.30. The SMILES string of the molecule is CC(C)(C)OOC(CCCO)(CCCO)OOC(C)(C)C. The Balaban J connectivity index is 4.91. The minimum Gasteiger partial charge on any atom is -0.396 e. The smallest absolute Gasteiger partial charge is 0.234 e. The molecule has 0 aliphatic rings. The van der Waals surface area contributed by atoms with Crippen molar-refractivity contribution in [2.75, 3.05) is 13.2 Å². The zero-order chi connectivity index (χ0) is 16.6. The van der Waals surface area contributed by atoms with Crippen molar-refractivity contribution in [2.45, 2.75) is 84.2 Å². The van der Waals surface area contributed by atoms with Crippen LogP contribution in [-0.2, 0) is 19.6 Å². The van der Waals surface area contributed by atoms with Crippen LogP contribution in [0.5, 0.6) is 0 Å². The first-order valence-electron chi connectivity index (χ1n) is 7.49. The van der Waals surface area contributed by atoms with Crippen LogP contribution in [0.25, 0.3) is 0 Å². The summed E-state index contributed by atoms with van der Waals surface area (Å²) in [6.45, 7) is 11.2. The first kappa shape index (κ1) is 20.8. The van der Waals surface area contributed by atoms with Crippen molar-refractivity contribution in [3.63, 3.8) is 0 Å². The Morgan fingerprint density at radius 2 is 0.952 bits per heavy atom. The summed E-state index contributed by atoms with van der Waals surface area (Å²) in [5.74, 6) is -1.15. The zero-order valence-electron chi connectivity index (χ0n) is 14.3. The van der Waals surface area contributed by atoms with Gasteiger partial charge in [0.25, 0.3) is 0 Å². The highest BCUT2D eigenvalue weighted by molar-refractivity contribution is 4.69. The molecule has 0 aliphatic carbocycles. The van der Waals surface area contributed by atoms with Crippen LogP contribution >= 0.6 is 0 Å². The predicted octanol–water partition coefficient (Wildman–Crippen LogP) is 2.72. The van der Waals surface area contributed by atoms with Gasteiger partial charge in [-0.05, 0) is 54.4 Å². The fourth-order valence-corrected chi connectivity index (χ4v) is 1.40. The van der Waals surface area contributed by atoms with E-state index >= 15 is 0 Å². The number of aliphatic hydroxyl groups is 2. The van der Waals surface area contributed by atoms with Gasteiger partial charge in [0.05, 0.1) is 11.2 Å². The topological polar surface area (TPSA) is 77.4 Å². The van der Waals surface area contributed by atoms with Gasteiger partial charge in [0, 0.05) is 26.1 Å². The maximum absolute atomic E-state index is 9.07. The Hall–Kier alpha value is -0.240. The molecule has 0 aromatic carbocycles. The van der Waals surface area contributed by atoms with Crippen LogP contribution in [0.3, 0.4) is 0 Å². The molecule has 0 heterocycles. The summed E-state index contributed by atoms with van der Waals surface area (Å²) in [6, 6.07) is 0. The van der Waals surface area contributed by atoms with Gasteiger partial charge in [0.15, 0.2) is 0 Å². The normalized spacial score (nSPS) is 13.7. The molecule has 0 aromatic rings. The van der Waals surface area contributed by atoms with Gasteiger partial charge in [-0.2, -0.15) is 9.78 Å². The van der Waals surface area contributed by atoms with Gasteiger partial charge in [-0.15, -0.1) is 0 Å². The second-order valence-electron chi connectivity index (χ2n) is 7.12. The molecule has 0 saturated carbocycles. The van der Waals surface area contributed by atoms with Crippen molar-refractivity contribution < 1.29 is 29.8 Å². The van der Waals surface area contributed by atoms with E-state index in [0.717, 1.165) is 0 Å². The molecule has 21 heavy (non-hydrogen) atoms. The van der Waals surface area contributed by atoms with E-state index < -0.39 is 17.0 Å². The average molecular weight is 308 g/mol. The van der Waals surface area contributed by atoms with E-state index in [0.29, 0.717) is 25.7 Å². The van der Waals surface area contributed by atoms with Crippen LogP contribution < -0.4 is 0 Å². The number of hydrogen-bond donors (Lipinski definition) is 2. The summed E-state index contributed by atoms with van der Waals surface area (Å²) < 4.78 is 0. The molecule has 6 nitrogen and oxygen atoms in total. The number of hydrogen-bond acceptors (Lipinski definition) is 6. The van der Waals surface area contributed by atoms with Crippen molar-refractivity contribution in [1.82, 2.24) is 0 Å². The van der Waals surface area contributed by atoms with Crippen LogP contribution in [-0.4, -0.2) is 40.4 Å². The third-order valence-corrected chi connectivity index (χ3v) is 2.32. The van der Waals surface area contributed by atoms with Crippen LogP contribution in [0.15, 0.2) is 0 Å². The van der Waals surface area contributed by atoms with Gasteiger partial charge in [0.1, 0.15) is 0 Å². The van der Waals surface area contributed by atoms with Crippen LogP contribution in [0, 0.1) is 0 Å². The molecule has 0 spiro atoms. The van der Waals surface area contributed by atoms with Gasteiger partial charge in [-0.1, -0.05) is 0 Å². The molecule has 0 rings (SSSR count). The monoisotopic (exact) mass is 308 g/mol. The molecule has 0 fully saturated rings. The van der Waals surface area contributed by atoms with Crippen LogP contribution in [0.4, 0.5) is 0 Å². The van der Waals surface area contributed by atoms with Crippen LogP contribution in [0.2, 0.25) is 0 Å². The molecule has 6 heteroatoms. The second-order valence-corrected chi connectivity index (χ2v) is 7.12. The van der Waals surface area contributed by atoms with Gasteiger partial charge in [0.2, 0.25) is 5.79 Å². The molecule has 128 valence electrons. The summed E-state index contributed by atoms with van der Waals surface area (Å²) in [7, 11) is 0. The summed E-state index contributed by atoms with van der Waals surface area (Å²) in [6.07, 6.45) is 1.75. The molecule has 0 radical (unpaired) electrons. The third kappa shape index (κ3) is 11.0. The minimum atomic E-state index is -1.15. The molecule has 0 aromatic heterocycles. The van der Waals surface area contributed by atoms with Gasteiger partial charge >= 0.3 is 0 Å². The molecular weight excluding hydrogens is 276 g/mol. The highest BCUT2D eigenvalue weighted by atomic mass is 17.3. The van der Waals surface area contributed by atoms with Crippen molar-refractivity contribution in [2.24, 2.45) is 0 Å². The maximum Gasteiger partial charge on any atom is 0.234 e. The molecule has 0 saturated heterocycles. The van der Waals surface area contributed by atoms with Crippen molar-refractivity contribution in [1.29, 1.82) is 0 Å². The van der Waals surface area contributed by atoms with Crippen LogP contribution in [0.1, 0.15) is 67.2 Å². The summed E-state index contributed by atoms with van der Waals surface area (Å²) >= 11 is 0. The van der Waals surface area contributed by atoms with Gasteiger partial charge in [-0.25, -0.2) is 9.78 Å². The van der Waals surface area contributed by atoms with E-state index in [1.807, 2.05) is 41.5 Å². The highest BCUT2D eigenvalue weighted by Gasteiger charge is 2.37. The standard InChI is InChI=1S/C15H32O6/c1-13(2,3)18-20-15(9-7-11-16,10-8-12-17)21-19-14(4,5)6/h16-17H,7-12H2,1-6H3. The Kier molecular flexibility index (Phi) is 8.92. The molecule has 0 aliphatic heterocycles. The average Bonchev–Trinajstić information content (AvgIpc) is 2.35. The van der Waals surface area contributed by atoms with E-state index in [-0.39, 0.29) is 13.2 Å². The summed E-state index contributed by atoms with van der Waals surface area (Å²) in [5.41, 5.74) is -1.01. The van der Waals surface area contributed by atoms with Gasteiger partial charge in [-0.3, -0.25) is 0 Å². The molecule has 2 N–H and O–H groups in total. The summed E-state index contributed by atoms with van der Waals surface area (Å²) in [5, 5.41) is 18.1. The van der Waals surface area contributed by atoms with E-state index in [4.69, 9.17) is 29.8 Å². The maximum atomic E-state index is 9.07. The largest absolute Gasteiger partial charge is 0.396 e. The Morgan fingerprint density at radius 3 is 1.19 bits per heavy atom. The lowest BCUT2D eigenvalue weighted by Crippen LogP contribution is -2.41.